The van der Waals surface area contributed by atoms with Gasteiger partial charge in [-0.1, -0.05) is 58.4 Å². The van der Waals surface area contributed by atoms with E-state index in [0.29, 0.717) is 16.9 Å². The summed E-state index contributed by atoms with van der Waals surface area (Å²) in [6, 6.07) is 3.06. The van der Waals surface area contributed by atoms with E-state index in [9.17, 15) is 8.42 Å². The third-order valence-electron chi connectivity index (χ3n) is 3.52. The topological polar surface area (TPSA) is 46.2 Å². The fourth-order valence-electron chi connectivity index (χ4n) is 2.48. The van der Waals surface area contributed by atoms with Crippen molar-refractivity contribution in [1.29, 1.82) is 0 Å². The highest BCUT2D eigenvalue weighted by Gasteiger charge is 2.24. The summed E-state index contributed by atoms with van der Waals surface area (Å²) in [5.74, 6) is 0.409. The number of hydrogen-bond donors (Lipinski definition) is 1. The lowest BCUT2D eigenvalue weighted by Crippen LogP contribution is -2.30. The number of sulfonamides is 1. The summed E-state index contributed by atoms with van der Waals surface area (Å²) in [4.78, 5) is -0.0418. The van der Waals surface area contributed by atoms with Gasteiger partial charge in [0.25, 0.3) is 0 Å². The summed E-state index contributed by atoms with van der Waals surface area (Å²) in [7, 11) is -3.67. The second-order valence-electron chi connectivity index (χ2n) is 5.05. The Bertz CT molecular complexity index is 563. The summed E-state index contributed by atoms with van der Waals surface area (Å²) >= 11 is 15.2. The second kappa shape index (κ2) is 6.97. The van der Waals surface area contributed by atoms with Crippen LogP contribution in [-0.2, 0) is 10.0 Å². The molecule has 0 heterocycles. The molecule has 1 aromatic rings. The zero-order chi connectivity index (χ0) is 14.8. The number of halogens is 3. The normalized spacial score (nSPS) is 17.4. The lowest BCUT2D eigenvalue weighted by Gasteiger charge is -2.22. The van der Waals surface area contributed by atoms with Crippen molar-refractivity contribution in [3.05, 3.63) is 26.7 Å². The van der Waals surface area contributed by atoms with Crippen LogP contribution in [0.1, 0.15) is 32.1 Å². The molecule has 0 saturated heterocycles. The van der Waals surface area contributed by atoms with Gasteiger partial charge in [-0.15, -0.1) is 0 Å². The minimum atomic E-state index is -3.67. The summed E-state index contributed by atoms with van der Waals surface area (Å²) in [5, 5.41) is 0.251. The first-order valence-electron chi connectivity index (χ1n) is 6.54. The van der Waals surface area contributed by atoms with E-state index in [1.54, 1.807) is 0 Å². The van der Waals surface area contributed by atoms with Gasteiger partial charge < -0.3 is 0 Å². The van der Waals surface area contributed by atoms with Gasteiger partial charge >= 0.3 is 0 Å². The summed E-state index contributed by atoms with van der Waals surface area (Å²) in [6.07, 6.45) is 5.74. The molecular formula is C13H16BrCl2NO2S. The molecule has 0 spiro atoms. The van der Waals surface area contributed by atoms with Crippen molar-refractivity contribution in [2.75, 3.05) is 6.54 Å². The Morgan fingerprint density at radius 3 is 2.25 bits per heavy atom. The van der Waals surface area contributed by atoms with E-state index in [2.05, 4.69) is 20.7 Å². The number of rotatable bonds is 4. The molecule has 1 aliphatic rings. The molecule has 7 heteroatoms. The minimum Gasteiger partial charge on any atom is -0.211 e. The van der Waals surface area contributed by atoms with Crippen LogP contribution in [0.2, 0.25) is 10.0 Å². The number of benzene rings is 1. The smallest absolute Gasteiger partial charge is 0.211 e. The SMILES string of the molecule is O=S(=O)(NCC1CCCCC1)c1c(Cl)cc(Br)cc1Cl. The van der Waals surface area contributed by atoms with Crippen molar-refractivity contribution >= 4 is 49.2 Å². The van der Waals surface area contributed by atoms with Crippen LogP contribution in [0.5, 0.6) is 0 Å². The maximum Gasteiger partial charge on any atom is 0.243 e. The lowest BCUT2D eigenvalue weighted by molar-refractivity contribution is 0.357. The molecule has 0 bridgehead atoms. The molecule has 3 nitrogen and oxygen atoms in total. The molecule has 0 aromatic heterocycles. The first-order valence-corrected chi connectivity index (χ1v) is 9.57. The van der Waals surface area contributed by atoms with Crippen molar-refractivity contribution < 1.29 is 8.42 Å². The van der Waals surface area contributed by atoms with Gasteiger partial charge in [0, 0.05) is 11.0 Å². The Labute approximate surface area is 138 Å². The van der Waals surface area contributed by atoms with Gasteiger partial charge in [-0.05, 0) is 30.9 Å². The van der Waals surface area contributed by atoms with Gasteiger partial charge in [-0.25, -0.2) is 13.1 Å². The maximum atomic E-state index is 12.3. The molecule has 112 valence electrons. The monoisotopic (exact) mass is 399 g/mol. The van der Waals surface area contributed by atoms with Crippen LogP contribution in [0.4, 0.5) is 0 Å². The predicted octanol–water partition coefficient (Wildman–Crippen LogP) is 4.61. The molecule has 0 aliphatic heterocycles. The highest BCUT2D eigenvalue weighted by Crippen LogP contribution is 2.33. The molecule has 1 fully saturated rings. The Morgan fingerprint density at radius 2 is 1.70 bits per heavy atom. The Kier molecular flexibility index (Phi) is 5.77. The van der Waals surface area contributed by atoms with Crippen LogP contribution < -0.4 is 4.72 Å². The van der Waals surface area contributed by atoms with E-state index in [1.165, 1.54) is 31.4 Å². The van der Waals surface area contributed by atoms with E-state index >= 15 is 0 Å². The first kappa shape index (κ1) is 16.6. The fraction of sp³-hybridized carbons (Fsp3) is 0.538. The van der Waals surface area contributed by atoms with Gasteiger partial charge in [0.2, 0.25) is 10.0 Å². The molecular weight excluding hydrogens is 385 g/mol. The van der Waals surface area contributed by atoms with Gasteiger partial charge in [0.15, 0.2) is 0 Å². The molecule has 1 aliphatic carbocycles. The van der Waals surface area contributed by atoms with Crippen molar-refractivity contribution in [2.45, 2.75) is 37.0 Å². The fourth-order valence-corrected chi connectivity index (χ4v) is 5.53. The third-order valence-corrected chi connectivity index (χ3v) is 6.32. The molecule has 0 radical (unpaired) electrons. The molecule has 0 atom stereocenters. The highest BCUT2D eigenvalue weighted by molar-refractivity contribution is 9.10. The van der Waals surface area contributed by atoms with Crippen LogP contribution >= 0.6 is 39.1 Å². The molecule has 0 amide bonds. The van der Waals surface area contributed by atoms with Crippen molar-refractivity contribution in [2.24, 2.45) is 5.92 Å². The van der Waals surface area contributed by atoms with Crippen molar-refractivity contribution in [1.82, 2.24) is 4.72 Å². The molecule has 0 unspecified atom stereocenters. The molecule has 2 rings (SSSR count). The zero-order valence-corrected chi connectivity index (χ0v) is 14.7. The molecule has 1 saturated carbocycles. The molecule has 20 heavy (non-hydrogen) atoms. The van der Waals surface area contributed by atoms with Crippen LogP contribution in [0, 0.1) is 5.92 Å². The summed E-state index contributed by atoms with van der Waals surface area (Å²) in [6.45, 7) is 0.449. The standard InChI is InChI=1S/C13H16BrCl2NO2S/c14-10-6-11(15)13(12(16)7-10)20(18,19)17-8-9-4-2-1-3-5-9/h6-7,9,17H,1-5,8H2. The average Bonchev–Trinajstić information content (AvgIpc) is 2.36. The maximum absolute atomic E-state index is 12.3. The minimum absolute atomic E-state index is 0.0418. The second-order valence-corrected chi connectivity index (χ2v) is 8.49. The Balaban J connectivity index is 2.14. The van der Waals surface area contributed by atoms with Crippen molar-refractivity contribution in [3.63, 3.8) is 0 Å². The first-order chi connectivity index (χ1) is 9.40. The van der Waals surface area contributed by atoms with E-state index < -0.39 is 10.0 Å². The molecule has 1 aromatic carbocycles. The third kappa shape index (κ3) is 4.10. The van der Waals surface area contributed by atoms with E-state index in [-0.39, 0.29) is 14.9 Å². The van der Waals surface area contributed by atoms with Crippen LogP contribution in [-0.4, -0.2) is 15.0 Å². The molecule has 1 N–H and O–H groups in total. The Morgan fingerprint density at radius 1 is 1.15 bits per heavy atom. The largest absolute Gasteiger partial charge is 0.243 e. The van der Waals surface area contributed by atoms with Crippen LogP contribution in [0.3, 0.4) is 0 Å². The average molecular weight is 401 g/mol. The Hall–Kier alpha value is 0.190. The van der Waals surface area contributed by atoms with Gasteiger partial charge in [0.1, 0.15) is 4.90 Å². The summed E-state index contributed by atoms with van der Waals surface area (Å²) < 4.78 is 28.0. The van der Waals surface area contributed by atoms with Gasteiger partial charge in [0.05, 0.1) is 10.0 Å². The van der Waals surface area contributed by atoms with Crippen LogP contribution in [0.25, 0.3) is 0 Å². The van der Waals surface area contributed by atoms with Gasteiger partial charge in [-0.3, -0.25) is 0 Å². The van der Waals surface area contributed by atoms with Gasteiger partial charge in [-0.2, -0.15) is 0 Å². The van der Waals surface area contributed by atoms with E-state index in [1.807, 2.05) is 0 Å². The predicted molar refractivity (Wildman–Crippen MR) is 85.9 cm³/mol. The lowest BCUT2D eigenvalue weighted by atomic mass is 9.90. The summed E-state index contributed by atoms with van der Waals surface area (Å²) in [5.41, 5.74) is 0. The number of nitrogens with one attached hydrogen (secondary N) is 1. The highest BCUT2D eigenvalue weighted by atomic mass is 79.9. The zero-order valence-electron chi connectivity index (χ0n) is 10.8. The number of hydrogen-bond acceptors (Lipinski definition) is 2. The van der Waals surface area contributed by atoms with Crippen LogP contribution in [0.15, 0.2) is 21.5 Å². The van der Waals surface area contributed by atoms with E-state index in [4.69, 9.17) is 23.2 Å². The van der Waals surface area contributed by atoms with Crippen molar-refractivity contribution in [3.8, 4) is 0 Å². The van der Waals surface area contributed by atoms with E-state index in [0.717, 1.165) is 12.8 Å². The quantitative estimate of drug-likeness (QED) is 0.801.